The third-order valence-electron chi connectivity index (χ3n) is 5.89. The molecule has 1 aromatic rings. The first-order chi connectivity index (χ1) is 11.5. The summed E-state index contributed by atoms with van der Waals surface area (Å²) in [6.45, 7) is 2.23. The lowest BCUT2D eigenvalue weighted by molar-refractivity contribution is -0.136. The standard InChI is InChI=1S/C18H30N4O2/c1-13(10-18(24-4)8-5-9-18)20-14-6-7-16(23)22(3)17(14)15-11-19-12-21(15)2/h11-14,17,20H,5-10H2,1-4H3/t13?,14-,17-/m1/s1. The van der Waals surface area contributed by atoms with Crippen molar-refractivity contribution in [2.45, 2.75) is 69.2 Å². The molecule has 1 aliphatic heterocycles. The number of carbonyl (C=O) groups excluding carboxylic acids is 1. The van der Waals surface area contributed by atoms with Gasteiger partial charge in [0.1, 0.15) is 0 Å². The Labute approximate surface area is 144 Å². The first-order valence-corrected chi connectivity index (χ1v) is 8.99. The number of ether oxygens (including phenoxy) is 1. The van der Waals surface area contributed by atoms with Gasteiger partial charge in [0.15, 0.2) is 0 Å². The summed E-state index contributed by atoms with van der Waals surface area (Å²) in [4.78, 5) is 18.3. The van der Waals surface area contributed by atoms with E-state index >= 15 is 0 Å². The molecule has 1 N–H and O–H groups in total. The second-order valence-corrected chi connectivity index (χ2v) is 7.54. The van der Waals surface area contributed by atoms with Crippen LogP contribution in [0, 0.1) is 0 Å². The number of aromatic nitrogens is 2. The average molecular weight is 334 g/mol. The second kappa shape index (κ2) is 6.84. The van der Waals surface area contributed by atoms with Crippen LogP contribution in [0.4, 0.5) is 0 Å². The fraction of sp³-hybridized carbons (Fsp3) is 0.778. The Bertz CT molecular complexity index is 576. The number of piperidine rings is 1. The van der Waals surface area contributed by atoms with Gasteiger partial charge in [-0.3, -0.25) is 4.79 Å². The fourth-order valence-electron chi connectivity index (χ4n) is 4.31. The van der Waals surface area contributed by atoms with Crippen molar-refractivity contribution in [1.82, 2.24) is 19.8 Å². The minimum atomic E-state index is 0.0288. The summed E-state index contributed by atoms with van der Waals surface area (Å²) in [6, 6.07) is 0.626. The number of hydrogen-bond donors (Lipinski definition) is 1. The number of methoxy groups -OCH3 is 1. The van der Waals surface area contributed by atoms with Crippen LogP contribution >= 0.6 is 0 Å². The maximum atomic E-state index is 12.2. The molecule has 134 valence electrons. The van der Waals surface area contributed by atoms with Crippen molar-refractivity contribution in [3.8, 4) is 0 Å². The van der Waals surface area contributed by atoms with E-state index in [0.717, 1.165) is 31.4 Å². The normalized spacial score (nSPS) is 27.8. The Morgan fingerprint density at radius 1 is 1.46 bits per heavy atom. The lowest BCUT2D eigenvalue weighted by Crippen LogP contribution is -2.54. The van der Waals surface area contributed by atoms with Crippen molar-refractivity contribution in [2.24, 2.45) is 7.05 Å². The number of rotatable bonds is 6. The number of aryl methyl sites for hydroxylation is 1. The second-order valence-electron chi connectivity index (χ2n) is 7.54. The number of likely N-dealkylation sites (N-methyl/N-ethyl adjacent to an activating group) is 1. The van der Waals surface area contributed by atoms with Gasteiger partial charge in [-0.25, -0.2) is 4.98 Å². The Morgan fingerprint density at radius 2 is 2.21 bits per heavy atom. The highest BCUT2D eigenvalue weighted by Gasteiger charge is 2.40. The summed E-state index contributed by atoms with van der Waals surface area (Å²) in [5, 5.41) is 3.78. The summed E-state index contributed by atoms with van der Waals surface area (Å²) < 4.78 is 7.79. The van der Waals surface area contributed by atoms with Crippen molar-refractivity contribution in [2.75, 3.05) is 14.2 Å². The van der Waals surface area contributed by atoms with Gasteiger partial charge < -0.3 is 19.5 Å². The van der Waals surface area contributed by atoms with E-state index in [-0.39, 0.29) is 23.6 Å². The topological polar surface area (TPSA) is 59.4 Å². The summed E-state index contributed by atoms with van der Waals surface area (Å²) >= 11 is 0. The molecule has 1 saturated heterocycles. The van der Waals surface area contributed by atoms with Crippen LogP contribution in [0.25, 0.3) is 0 Å². The number of nitrogens with zero attached hydrogens (tertiary/aromatic N) is 3. The lowest BCUT2D eigenvalue weighted by Gasteiger charge is -2.45. The number of nitrogens with one attached hydrogen (secondary N) is 1. The summed E-state index contributed by atoms with van der Waals surface area (Å²) in [7, 11) is 5.72. The number of carbonyl (C=O) groups is 1. The Hall–Kier alpha value is -1.40. The molecule has 3 rings (SSSR count). The molecule has 2 heterocycles. The maximum absolute atomic E-state index is 12.2. The molecule has 1 unspecified atom stereocenters. The Kier molecular flexibility index (Phi) is 4.97. The molecule has 2 fully saturated rings. The molecule has 24 heavy (non-hydrogen) atoms. The molecule has 1 aromatic heterocycles. The number of likely N-dealkylation sites (tertiary alicyclic amines) is 1. The van der Waals surface area contributed by atoms with E-state index in [9.17, 15) is 4.79 Å². The zero-order valence-electron chi connectivity index (χ0n) is 15.3. The van der Waals surface area contributed by atoms with Crippen LogP contribution < -0.4 is 5.32 Å². The molecule has 6 nitrogen and oxygen atoms in total. The molecule has 1 saturated carbocycles. The molecule has 0 aromatic carbocycles. The van der Waals surface area contributed by atoms with Crippen LogP contribution in [-0.4, -0.2) is 52.2 Å². The van der Waals surface area contributed by atoms with Gasteiger partial charge in [0.2, 0.25) is 5.91 Å². The molecule has 0 spiro atoms. The molecule has 0 bridgehead atoms. The van der Waals surface area contributed by atoms with Crippen molar-refractivity contribution in [1.29, 1.82) is 0 Å². The van der Waals surface area contributed by atoms with Gasteiger partial charge >= 0.3 is 0 Å². The first kappa shape index (κ1) is 17.4. The predicted octanol–water partition coefficient (Wildman–Crippen LogP) is 2.02. The van der Waals surface area contributed by atoms with Gasteiger partial charge in [-0.2, -0.15) is 0 Å². The minimum Gasteiger partial charge on any atom is -0.378 e. The third kappa shape index (κ3) is 3.22. The number of imidazole rings is 1. The van der Waals surface area contributed by atoms with E-state index in [1.807, 2.05) is 36.9 Å². The van der Waals surface area contributed by atoms with Gasteiger partial charge in [0.05, 0.1) is 29.9 Å². The van der Waals surface area contributed by atoms with E-state index in [0.29, 0.717) is 12.5 Å². The van der Waals surface area contributed by atoms with Gasteiger partial charge in [0, 0.05) is 39.7 Å². The molecular weight excluding hydrogens is 304 g/mol. The Morgan fingerprint density at radius 3 is 2.75 bits per heavy atom. The molecule has 2 aliphatic rings. The highest BCUT2D eigenvalue weighted by molar-refractivity contribution is 5.77. The van der Waals surface area contributed by atoms with E-state index in [1.54, 1.807) is 6.33 Å². The van der Waals surface area contributed by atoms with Crippen molar-refractivity contribution in [3.05, 3.63) is 18.2 Å². The van der Waals surface area contributed by atoms with Crippen LogP contribution in [0.3, 0.4) is 0 Å². The van der Waals surface area contributed by atoms with Crippen LogP contribution in [0.5, 0.6) is 0 Å². The minimum absolute atomic E-state index is 0.0288. The lowest BCUT2D eigenvalue weighted by atomic mass is 9.75. The van der Waals surface area contributed by atoms with Crippen LogP contribution in [0.1, 0.15) is 57.2 Å². The summed E-state index contributed by atoms with van der Waals surface area (Å²) in [5.41, 5.74) is 1.14. The molecule has 1 aliphatic carbocycles. The van der Waals surface area contributed by atoms with E-state index in [2.05, 4.69) is 17.2 Å². The zero-order valence-corrected chi connectivity index (χ0v) is 15.3. The summed E-state index contributed by atoms with van der Waals surface area (Å²) in [6.07, 6.45) is 9.74. The monoisotopic (exact) mass is 334 g/mol. The first-order valence-electron chi connectivity index (χ1n) is 8.99. The molecule has 1 amide bonds. The molecular formula is C18H30N4O2. The zero-order chi connectivity index (χ0) is 17.3. The maximum Gasteiger partial charge on any atom is 0.222 e. The fourth-order valence-corrected chi connectivity index (χ4v) is 4.31. The average Bonchev–Trinajstić information content (AvgIpc) is 2.93. The number of hydrogen-bond acceptors (Lipinski definition) is 4. The van der Waals surface area contributed by atoms with Crippen LogP contribution in [0.2, 0.25) is 0 Å². The molecule has 0 radical (unpaired) electrons. The van der Waals surface area contributed by atoms with E-state index < -0.39 is 0 Å². The SMILES string of the molecule is COC1(CC(C)N[C@@H]2CCC(=O)N(C)[C@H]2c2cncn2C)CCC1. The van der Waals surface area contributed by atoms with Gasteiger partial charge in [0.25, 0.3) is 0 Å². The van der Waals surface area contributed by atoms with Crippen molar-refractivity contribution < 1.29 is 9.53 Å². The number of amides is 1. The molecule has 6 heteroatoms. The third-order valence-corrected chi connectivity index (χ3v) is 5.89. The van der Waals surface area contributed by atoms with Gasteiger partial charge in [-0.15, -0.1) is 0 Å². The van der Waals surface area contributed by atoms with Gasteiger partial charge in [-0.05, 0) is 39.0 Å². The van der Waals surface area contributed by atoms with Gasteiger partial charge in [-0.1, -0.05) is 0 Å². The van der Waals surface area contributed by atoms with Crippen molar-refractivity contribution in [3.63, 3.8) is 0 Å². The smallest absolute Gasteiger partial charge is 0.222 e. The predicted molar refractivity (Wildman–Crippen MR) is 92.5 cm³/mol. The highest BCUT2D eigenvalue weighted by Crippen LogP contribution is 2.39. The summed E-state index contributed by atoms with van der Waals surface area (Å²) in [5.74, 6) is 0.208. The highest BCUT2D eigenvalue weighted by atomic mass is 16.5. The van der Waals surface area contributed by atoms with Crippen LogP contribution in [-0.2, 0) is 16.6 Å². The van der Waals surface area contributed by atoms with Crippen molar-refractivity contribution >= 4 is 5.91 Å². The largest absolute Gasteiger partial charge is 0.378 e. The quantitative estimate of drug-likeness (QED) is 0.865. The Balaban J connectivity index is 1.72. The molecule has 3 atom stereocenters. The van der Waals surface area contributed by atoms with Crippen LogP contribution in [0.15, 0.2) is 12.5 Å². The van der Waals surface area contributed by atoms with E-state index in [1.165, 1.54) is 6.42 Å². The van der Waals surface area contributed by atoms with E-state index in [4.69, 9.17) is 4.74 Å².